The summed E-state index contributed by atoms with van der Waals surface area (Å²) in [6.45, 7) is 1.40. The van der Waals surface area contributed by atoms with Crippen LogP contribution in [0, 0.1) is 0 Å². The Morgan fingerprint density at radius 2 is 1.90 bits per heavy atom. The highest BCUT2D eigenvalue weighted by Gasteiger charge is 2.17. The molecule has 0 fully saturated rings. The fourth-order valence-corrected chi connectivity index (χ4v) is 1.51. The molecule has 0 saturated heterocycles. The maximum atomic E-state index is 11.5. The number of amides is 2. The van der Waals surface area contributed by atoms with Gasteiger partial charge in [0.25, 0.3) is 0 Å². The molecule has 0 spiro atoms. The quantitative estimate of drug-likeness (QED) is 0.692. The van der Waals surface area contributed by atoms with Crippen molar-refractivity contribution in [1.82, 2.24) is 10.6 Å². The van der Waals surface area contributed by atoms with Crippen molar-refractivity contribution in [3.05, 3.63) is 35.9 Å². The van der Waals surface area contributed by atoms with E-state index in [4.69, 9.17) is 9.84 Å². The molecule has 0 bridgehead atoms. The molecule has 114 valence electrons. The summed E-state index contributed by atoms with van der Waals surface area (Å²) in [5.41, 5.74) is 0.828. The second-order valence-corrected chi connectivity index (χ2v) is 4.28. The van der Waals surface area contributed by atoms with Gasteiger partial charge in [0.15, 0.2) is 0 Å². The number of ether oxygens (including phenoxy) is 1. The van der Waals surface area contributed by atoms with Gasteiger partial charge in [0.1, 0.15) is 19.2 Å². The average Bonchev–Trinajstić information content (AvgIpc) is 2.49. The van der Waals surface area contributed by atoms with Gasteiger partial charge >= 0.3 is 12.1 Å². The minimum absolute atomic E-state index is 0.0982. The minimum atomic E-state index is -1.11. The zero-order valence-corrected chi connectivity index (χ0v) is 11.7. The predicted octanol–water partition coefficient (Wildman–Crippen LogP) is 0.892. The number of hydrogen-bond acceptors (Lipinski definition) is 4. The van der Waals surface area contributed by atoms with Crippen LogP contribution in [0.15, 0.2) is 30.3 Å². The molecule has 0 aliphatic rings. The van der Waals surface area contributed by atoms with Crippen molar-refractivity contribution in [2.75, 3.05) is 6.54 Å². The van der Waals surface area contributed by atoms with E-state index in [0.29, 0.717) is 0 Å². The monoisotopic (exact) mass is 294 g/mol. The molecule has 0 radical (unpaired) electrons. The summed E-state index contributed by atoms with van der Waals surface area (Å²) in [7, 11) is 0. The van der Waals surface area contributed by atoms with Gasteiger partial charge in [0.2, 0.25) is 5.91 Å². The third-order valence-corrected chi connectivity index (χ3v) is 2.65. The Kier molecular flexibility index (Phi) is 6.73. The summed E-state index contributed by atoms with van der Waals surface area (Å²) in [4.78, 5) is 33.6. The van der Waals surface area contributed by atoms with E-state index >= 15 is 0 Å². The SMILES string of the molecule is CC[C@@H](NC(=O)CNC(=O)OCc1ccccc1)C(=O)O. The van der Waals surface area contributed by atoms with E-state index in [9.17, 15) is 14.4 Å². The molecule has 0 aromatic heterocycles. The summed E-state index contributed by atoms with van der Waals surface area (Å²) >= 11 is 0. The Balaban J connectivity index is 2.26. The lowest BCUT2D eigenvalue weighted by atomic mass is 10.2. The fourth-order valence-electron chi connectivity index (χ4n) is 1.51. The van der Waals surface area contributed by atoms with Crippen molar-refractivity contribution in [2.45, 2.75) is 26.0 Å². The van der Waals surface area contributed by atoms with Crippen LogP contribution in [0.2, 0.25) is 0 Å². The number of carbonyl (C=O) groups is 3. The van der Waals surface area contributed by atoms with Crippen LogP contribution in [-0.4, -0.2) is 35.7 Å². The van der Waals surface area contributed by atoms with Gasteiger partial charge < -0.3 is 20.5 Å². The van der Waals surface area contributed by atoms with E-state index in [1.165, 1.54) is 0 Å². The van der Waals surface area contributed by atoms with Crippen LogP contribution in [0.3, 0.4) is 0 Å². The van der Waals surface area contributed by atoms with Gasteiger partial charge in [-0.05, 0) is 12.0 Å². The molecule has 21 heavy (non-hydrogen) atoms. The number of aliphatic carboxylic acids is 1. The fraction of sp³-hybridized carbons (Fsp3) is 0.357. The molecule has 7 heteroatoms. The Morgan fingerprint density at radius 3 is 2.48 bits per heavy atom. The van der Waals surface area contributed by atoms with E-state index in [1.807, 2.05) is 18.2 Å². The van der Waals surface area contributed by atoms with E-state index < -0.39 is 24.0 Å². The average molecular weight is 294 g/mol. The molecule has 0 saturated carbocycles. The first-order valence-electron chi connectivity index (χ1n) is 6.49. The van der Waals surface area contributed by atoms with Crippen LogP contribution in [0.4, 0.5) is 4.79 Å². The van der Waals surface area contributed by atoms with Crippen LogP contribution in [0.5, 0.6) is 0 Å². The third kappa shape index (κ3) is 6.42. The molecule has 1 rings (SSSR count). The second kappa shape index (κ2) is 8.57. The van der Waals surface area contributed by atoms with E-state index in [1.54, 1.807) is 19.1 Å². The normalized spacial score (nSPS) is 11.3. The van der Waals surface area contributed by atoms with Crippen molar-refractivity contribution in [3.8, 4) is 0 Å². The van der Waals surface area contributed by atoms with Gasteiger partial charge in [0, 0.05) is 0 Å². The van der Waals surface area contributed by atoms with Crippen LogP contribution < -0.4 is 10.6 Å². The number of rotatable bonds is 7. The molecule has 2 amide bonds. The lowest BCUT2D eigenvalue weighted by Crippen LogP contribution is -2.45. The molecule has 7 nitrogen and oxygen atoms in total. The minimum Gasteiger partial charge on any atom is -0.480 e. The van der Waals surface area contributed by atoms with Gasteiger partial charge in [-0.25, -0.2) is 9.59 Å². The lowest BCUT2D eigenvalue weighted by Gasteiger charge is -2.12. The highest BCUT2D eigenvalue weighted by molar-refractivity contribution is 5.86. The predicted molar refractivity (Wildman–Crippen MR) is 74.5 cm³/mol. The molecule has 0 aliphatic heterocycles. The third-order valence-electron chi connectivity index (χ3n) is 2.65. The first kappa shape index (κ1) is 16.5. The topological polar surface area (TPSA) is 105 Å². The van der Waals surface area contributed by atoms with Gasteiger partial charge in [-0.3, -0.25) is 4.79 Å². The first-order chi connectivity index (χ1) is 10.0. The summed E-state index contributed by atoms with van der Waals surface area (Å²) in [6.07, 6.45) is -0.475. The van der Waals surface area contributed by atoms with Crippen molar-refractivity contribution in [2.24, 2.45) is 0 Å². The molecule has 1 aromatic carbocycles. The van der Waals surface area contributed by atoms with Gasteiger partial charge in [-0.1, -0.05) is 37.3 Å². The number of alkyl carbamates (subject to hydrolysis) is 1. The number of carboxylic acids is 1. The van der Waals surface area contributed by atoms with E-state index in [2.05, 4.69) is 10.6 Å². The number of benzene rings is 1. The first-order valence-corrected chi connectivity index (χ1v) is 6.49. The van der Waals surface area contributed by atoms with Crippen LogP contribution in [0.1, 0.15) is 18.9 Å². The lowest BCUT2D eigenvalue weighted by molar-refractivity contribution is -0.141. The number of carboxylic acid groups (broad SMARTS) is 1. The zero-order valence-electron chi connectivity index (χ0n) is 11.7. The molecule has 0 unspecified atom stereocenters. The summed E-state index contributed by atoms with van der Waals surface area (Å²) in [5.74, 6) is -1.70. The van der Waals surface area contributed by atoms with Gasteiger partial charge in [0.05, 0.1) is 0 Å². The number of carbonyl (C=O) groups excluding carboxylic acids is 2. The molecule has 0 aliphatic carbocycles. The Labute approximate surface area is 122 Å². The Morgan fingerprint density at radius 1 is 1.24 bits per heavy atom. The van der Waals surface area contributed by atoms with E-state index in [0.717, 1.165) is 5.56 Å². The molecule has 0 heterocycles. The molecule has 1 atom stereocenters. The Hall–Kier alpha value is -2.57. The molecule has 3 N–H and O–H groups in total. The van der Waals surface area contributed by atoms with Crippen LogP contribution >= 0.6 is 0 Å². The second-order valence-electron chi connectivity index (χ2n) is 4.28. The standard InChI is InChI=1S/C14H18N2O5/c1-2-11(13(18)19)16-12(17)8-15-14(20)21-9-10-6-4-3-5-7-10/h3-7,11H,2,8-9H2,1H3,(H,15,20)(H,16,17)(H,18,19)/t11-/m1/s1. The van der Waals surface area contributed by atoms with Crippen molar-refractivity contribution in [3.63, 3.8) is 0 Å². The molecule has 1 aromatic rings. The number of hydrogen-bond donors (Lipinski definition) is 3. The highest BCUT2D eigenvalue weighted by Crippen LogP contribution is 2.00. The van der Waals surface area contributed by atoms with Gasteiger partial charge in [-0.15, -0.1) is 0 Å². The van der Waals surface area contributed by atoms with Crippen LogP contribution in [0.25, 0.3) is 0 Å². The maximum absolute atomic E-state index is 11.5. The highest BCUT2D eigenvalue weighted by atomic mass is 16.5. The largest absolute Gasteiger partial charge is 0.480 e. The Bertz CT molecular complexity index is 489. The summed E-state index contributed by atoms with van der Waals surface area (Å²) < 4.78 is 4.91. The molecular weight excluding hydrogens is 276 g/mol. The van der Waals surface area contributed by atoms with Crippen molar-refractivity contribution < 1.29 is 24.2 Å². The van der Waals surface area contributed by atoms with Crippen LogP contribution in [-0.2, 0) is 20.9 Å². The molecular formula is C14H18N2O5. The summed E-state index contributed by atoms with van der Waals surface area (Å²) in [5, 5.41) is 13.3. The summed E-state index contributed by atoms with van der Waals surface area (Å²) in [6, 6.07) is 8.14. The van der Waals surface area contributed by atoms with Gasteiger partial charge in [-0.2, -0.15) is 0 Å². The smallest absolute Gasteiger partial charge is 0.407 e. The number of nitrogens with one attached hydrogen (secondary N) is 2. The van der Waals surface area contributed by atoms with E-state index in [-0.39, 0.29) is 19.6 Å². The van der Waals surface area contributed by atoms with Crippen molar-refractivity contribution >= 4 is 18.0 Å². The zero-order chi connectivity index (χ0) is 15.7. The maximum Gasteiger partial charge on any atom is 0.407 e. The van der Waals surface area contributed by atoms with Crippen molar-refractivity contribution in [1.29, 1.82) is 0 Å².